The number of aromatic hydroxyl groups is 1. The zero-order chi connectivity index (χ0) is 19.9. The third kappa shape index (κ3) is 5.49. The van der Waals surface area contributed by atoms with E-state index in [0.717, 1.165) is 44.8 Å². The summed E-state index contributed by atoms with van der Waals surface area (Å²) in [6, 6.07) is 15.8. The fourth-order valence-corrected chi connectivity index (χ4v) is 3.72. The van der Waals surface area contributed by atoms with E-state index in [1.807, 2.05) is 17.0 Å². The number of aryl methyl sites for hydroxylation is 1. The van der Waals surface area contributed by atoms with Gasteiger partial charge in [0.05, 0.1) is 26.2 Å². The number of anilines is 1. The number of phenols is 1. The fourth-order valence-electron chi connectivity index (χ4n) is 3.72. The Morgan fingerprint density at radius 1 is 1.07 bits per heavy atom. The minimum Gasteiger partial charge on any atom is -0.508 e. The SMILES string of the molecule is CCCN(Cc1ccc(C)cc1)C(=O)C[NH+]1CCN(c2ccc(O)cc2)CC1. The predicted molar refractivity (Wildman–Crippen MR) is 113 cm³/mol. The van der Waals surface area contributed by atoms with E-state index >= 15 is 0 Å². The summed E-state index contributed by atoms with van der Waals surface area (Å²) in [5.41, 5.74) is 3.57. The van der Waals surface area contributed by atoms with Crippen LogP contribution in [0.15, 0.2) is 48.5 Å². The fraction of sp³-hybridized carbons (Fsp3) is 0.435. The van der Waals surface area contributed by atoms with Gasteiger partial charge in [0.2, 0.25) is 0 Å². The van der Waals surface area contributed by atoms with Crippen LogP contribution >= 0.6 is 0 Å². The smallest absolute Gasteiger partial charge is 0.278 e. The van der Waals surface area contributed by atoms with Gasteiger partial charge in [-0.15, -0.1) is 0 Å². The highest BCUT2D eigenvalue weighted by molar-refractivity contribution is 5.77. The molecule has 1 aliphatic heterocycles. The van der Waals surface area contributed by atoms with E-state index in [0.29, 0.717) is 18.8 Å². The molecule has 0 saturated carbocycles. The number of quaternary nitrogens is 1. The number of phenolic OH excluding ortho intramolecular Hbond substituents is 1. The van der Waals surface area contributed by atoms with Gasteiger partial charge in [0.1, 0.15) is 5.75 Å². The lowest BCUT2D eigenvalue weighted by Crippen LogP contribution is -3.15. The quantitative estimate of drug-likeness (QED) is 0.768. The number of amides is 1. The van der Waals surface area contributed by atoms with E-state index in [4.69, 9.17) is 0 Å². The van der Waals surface area contributed by atoms with Gasteiger partial charge in [-0.25, -0.2) is 0 Å². The molecule has 2 N–H and O–H groups in total. The van der Waals surface area contributed by atoms with Crippen LogP contribution in [0.3, 0.4) is 0 Å². The molecule has 3 rings (SSSR count). The maximum absolute atomic E-state index is 12.9. The van der Waals surface area contributed by atoms with Crippen molar-refractivity contribution in [2.75, 3.05) is 44.2 Å². The second kappa shape index (κ2) is 9.60. The van der Waals surface area contributed by atoms with E-state index in [-0.39, 0.29) is 5.91 Å². The Kier molecular flexibility index (Phi) is 6.93. The summed E-state index contributed by atoms with van der Waals surface area (Å²) >= 11 is 0. The van der Waals surface area contributed by atoms with Gasteiger partial charge in [-0.3, -0.25) is 4.79 Å². The Labute approximate surface area is 168 Å². The molecule has 5 heteroatoms. The minimum absolute atomic E-state index is 0.246. The van der Waals surface area contributed by atoms with Gasteiger partial charge in [0.25, 0.3) is 5.91 Å². The number of hydrogen-bond donors (Lipinski definition) is 2. The summed E-state index contributed by atoms with van der Waals surface area (Å²) in [6.45, 7) is 10.0. The van der Waals surface area contributed by atoms with E-state index < -0.39 is 0 Å². The van der Waals surface area contributed by atoms with Crippen LogP contribution in [0, 0.1) is 6.92 Å². The highest BCUT2D eigenvalue weighted by Gasteiger charge is 2.24. The molecule has 0 aromatic heterocycles. The maximum Gasteiger partial charge on any atom is 0.278 e. The van der Waals surface area contributed by atoms with Crippen molar-refractivity contribution in [3.8, 4) is 5.75 Å². The van der Waals surface area contributed by atoms with Crippen LogP contribution in [0.4, 0.5) is 5.69 Å². The molecule has 1 fully saturated rings. The Hall–Kier alpha value is -2.53. The van der Waals surface area contributed by atoms with Crippen molar-refractivity contribution in [1.29, 1.82) is 0 Å². The average Bonchev–Trinajstić information content (AvgIpc) is 2.70. The summed E-state index contributed by atoms with van der Waals surface area (Å²) in [4.78, 5) is 18.6. The lowest BCUT2D eigenvalue weighted by molar-refractivity contribution is -0.892. The maximum atomic E-state index is 12.9. The third-order valence-electron chi connectivity index (χ3n) is 5.43. The molecule has 2 aromatic rings. The van der Waals surface area contributed by atoms with Gasteiger partial charge in [-0.1, -0.05) is 36.8 Å². The van der Waals surface area contributed by atoms with Gasteiger partial charge in [0.15, 0.2) is 6.54 Å². The van der Waals surface area contributed by atoms with Crippen molar-refractivity contribution in [2.45, 2.75) is 26.8 Å². The first-order chi connectivity index (χ1) is 13.5. The zero-order valence-electron chi connectivity index (χ0n) is 17.0. The zero-order valence-corrected chi connectivity index (χ0v) is 17.0. The van der Waals surface area contributed by atoms with Crippen molar-refractivity contribution in [3.63, 3.8) is 0 Å². The Morgan fingerprint density at radius 2 is 1.71 bits per heavy atom. The molecule has 0 atom stereocenters. The van der Waals surface area contributed by atoms with Gasteiger partial charge in [-0.05, 0) is 43.2 Å². The Bertz CT molecular complexity index is 750. The number of carbonyl (C=O) groups is 1. The second-order valence-electron chi connectivity index (χ2n) is 7.73. The number of rotatable bonds is 7. The number of piperazine rings is 1. The highest BCUT2D eigenvalue weighted by atomic mass is 16.3. The summed E-state index contributed by atoms with van der Waals surface area (Å²) in [5.74, 6) is 0.540. The molecule has 28 heavy (non-hydrogen) atoms. The summed E-state index contributed by atoms with van der Waals surface area (Å²) < 4.78 is 0. The Morgan fingerprint density at radius 3 is 2.32 bits per heavy atom. The molecule has 0 aliphatic carbocycles. The minimum atomic E-state index is 0.246. The van der Waals surface area contributed by atoms with E-state index in [1.165, 1.54) is 16.0 Å². The van der Waals surface area contributed by atoms with E-state index in [1.54, 1.807) is 12.1 Å². The van der Waals surface area contributed by atoms with Crippen LogP contribution in [0.5, 0.6) is 5.75 Å². The summed E-state index contributed by atoms with van der Waals surface area (Å²) in [5, 5.41) is 9.45. The molecule has 1 aliphatic rings. The Balaban J connectivity index is 1.52. The van der Waals surface area contributed by atoms with Crippen LogP contribution in [-0.4, -0.2) is 55.2 Å². The van der Waals surface area contributed by atoms with Gasteiger partial charge < -0.3 is 19.8 Å². The predicted octanol–water partition coefficient (Wildman–Crippen LogP) is 1.84. The lowest BCUT2D eigenvalue weighted by atomic mass is 10.1. The molecule has 0 unspecified atom stereocenters. The molecule has 0 bridgehead atoms. The molecule has 5 nitrogen and oxygen atoms in total. The van der Waals surface area contributed by atoms with Crippen molar-refractivity contribution in [2.24, 2.45) is 0 Å². The number of benzene rings is 2. The molecule has 0 spiro atoms. The summed E-state index contributed by atoms with van der Waals surface area (Å²) in [6.07, 6.45) is 0.974. The largest absolute Gasteiger partial charge is 0.508 e. The monoisotopic (exact) mass is 382 g/mol. The molecular formula is C23H32N3O2+. The number of hydrogen-bond acceptors (Lipinski definition) is 3. The number of nitrogens with zero attached hydrogens (tertiary/aromatic N) is 2. The van der Waals surface area contributed by atoms with E-state index in [2.05, 4.69) is 43.0 Å². The highest BCUT2D eigenvalue weighted by Crippen LogP contribution is 2.18. The van der Waals surface area contributed by atoms with Gasteiger partial charge >= 0.3 is 0 Å². The van der Waals surface area contributed by atoms with Gasteiger partial charge in [0, 0.05) is 18.8 Å². The lowest BCUT2D eigenvalue weighted by Gasteiger charge is -2.34. The van der Waals surface area contributed by atoms with Crippen molar-refractivity contribution >= 4 is 11.6 Å². The normalized spacial score (nSPS) is 14.9. The first-order valence-corrected chi connectivity index (χ1v) is 10.3. The molecule has 150 valence electrons. The molecule has 1 heterocycles. The second-order valence-corrected chi connectivity index (χ2v) is 7.73. The van der Waals surface area contributed by atoms with Crippen molar-refractivity contribution in [1.82, 2.24) is 4.90 Å². The van der Waals surface area contributed by atoms with Crippen LogP contribution in [0.1, 0.15) is 24.5 Å². The average molecular weight is 383 g/mol. The van der Waals surface area contributed by atoms with Crippen LogP contribution < -0.4 is 9.80 Å². The third-order valence-corrected chi connectivity index (χ3v) is 5.43. The van der Waals surface area contributed by atoms with Crippen LogP contribution in [0.2, 0.25) is 0 Å². The molecule has 0 radical (unpaired) electrons. The first kappa shape index (κ1) is 20.2. The topological polar surface area (TPSA) is 48.2 Å². The van der Waals surface area contributed by atoms with Crippen molar-refractivity contribution < 1.29 is 14.8 Å². The molecule has 1 saturated heterocycles. The molecular weight excluding hydrogens is 350 g/mol. The van der Waals surface area contributed by atoms with E-state index in [9.17, 15) is 9.90 Å². The first-order valence-electron chi connectivity index (χ1n) is 10.3. The summed E-state index contributed by atoms with van der Waals surface area (Å²) in [7, 11) is 0. The van der Waals surface area contributed by atoms with Crippen molar-refractivity contribution in [3.05, 3.63) is 59.7 Å². The van der Waals surface area contributed by atoms with Gasteiger partial charge in [-0.2, -0.15) is 0 Å². The molecule has 2 aromatic carbocycles. The van der Waals surface area contributed by atoms with Crippen LogP contribution in [0.25, 0.3) is 0 Å². The van der Waals surface area contributed by atoms with Crippen LogP contribution in [-0.2, 0) is 11.3 Å². The standard InChI is InChI=1S/C23H31N3O2/c1-3-12-26(17-20-6-4-19(2)5-7-20)23(28)18-24-13-15-25(16-14-24)21-8-10-22(27)11-9-21/h4-11,27H,3,12-18H2,1-2H3/p+1. The number of nitrogens with one attached hydrogen (secondary N) is 1. The molecule has 1 amide bonds. The number of carbonyl (C=O) groups excluding carboxylic acids is 1.